The van der Waals surface area contributed by atoms with Gasteiger partial charge in [0.15, 0.2) is 0 Å². The summed E-state index contributed by atoms with van der Waals surface area (Å²) in [4.78, 5) is 0. The van der Waals surface area contributed by atoms with Crippen molar-refractivity contribution < 1.29 is 0 Å². The van der Waals surface area contributed by atoms with E-state index in [-0.39, 0.29) is 0 Å². The molecule has 2 rings (SSSR count). The Balaban J connectivity index is 2.12. The minimum atomic E-state index is 0.653. The summed E-state index contributed by atoms with van der Waals surface area (Å²) >= 11 is 0. The molecule has 1 aliphatic heterocycles. The lowest BCUT2D eigenvalue weighted by Crippen LogP contribution is -2.17. The van der Waals surface area contributed by atoms with Crippen molar-refractivity contribution in [1.29, 1.82) is 0 Å². The maximum absolute atomic E-state index is 3.46. The fourth-order valence-electron chi connectivity index (χ4n) is 1.89. The second kappa shape index (κ2) is 1.27. The van der Waals surface area contributed by atoms with E-state index in [4.69, 9.17) is 0 Å². The zero-order chi connectivity index (χ0) is 5.61. The molecule has 1 aliphatic carbocycles. The summed E-state index contributed by atoms with van der Waals surface area (Å²) in [5, 5.41) is 3.46. The van der Waals surface area contributed by atoms with Crippen molar-refractivity contribution in [3.8, 4) is 0 Å². The van der Waals surface area contributed by atoms with Crippen molar-refractivity contribution in [3.63, 3.8) is 0 Å². The Morgan fingerprint density at radius 2 is 2.38 bits per heavy atom. The highest BCUT2D eigenvalue weighted by atomic mass is 15.2. The largest absolute Gasteiger partial charge is 0.308 e. The van der Waals surface area contributed by atoms with Gasteiger partial charge in [0.25, 0.3) is 0 Å². The summed E-state index contributed by atoms with van der Waals surface area (Å²) in [6, 6.07) is 0. The third-order valence-electron chi connectivity index (χ3n) is 2.83. The van der Waals surface area contributed by atoms with Gasteiger partial charge in [-0.3, -0.25) is 0 Å². The maximum Gasteiger partial charge on any atom is 0.0332 e. The molecule has 2 fully saturated rings. The Morgan fingerprint density at radius 1 is 1.62 bits per heavy atom. The highest BCUT2D eigenvalue weighted by molar-refractivity contribution is 5.10. The average molecular weight is 111 g/mol. The molecule has 0 aromatic carbocycles. The molecular weight excluding hydrogens is 98.1 g/mol. The Bertz CT molecular complexity index is 105. The lowest BCUT2D eigenvalue weighted by atomic mass is 9.99. The van der Waals surface area contributed by atoms with E-state index in [2.05, 4.69) is 12.2 Å². The molecule has 1 saturated heterocycles. The summed E-state index contributed by atoms with van der Waals surface area (Å²) in [6.45, 7) is 3.67. The number of nitrogens with one attached hydrogen (secondary N) is 1. The Hall–Kier alpha value is -0.0400. The SMILES string of the molecule is CC1CCCC12CN2. The lowest BCUT2D eigenvalue weighted by molar-refractivity contribution is 0.490. The van der Waals surface area contributed by atoms with Crippen LogP contribution in [0.1, 0.15) is 26.2 Å². The van der Waals surface area contributed by atoms with Crippen LogP contribution in [0, 0.1) is 5.92 Å². The second-order valence-electron chi connectivity index (χ2n) is 3.30. The van der Waals surface area contributed by atoms with Crippen LogP contribution in [0.2, 0.25) is 0 Å². The molecule has 1 heterocycles. The van der Waals surface area contributed by atoms with Crippen molar-refractivity contribution in [3.05, 3.63) is 0 Å². The van der Waals surface area contributed by atoms with E-state index in [0.717, 1.165) is 5.92 Å². The topological polar surface area (TPSA) is 21.9 Å². The highest BCUT2D eigenvalue weighted by Crippen LogP contribution is 2.41. The number of hydrogen-bond acceptors (Lipinski definition) is 1. The standard InChI is InChI=1S/C7H13N/c1-6-3-2-4-7(6)5-8-7/h6,8H,2-5H2,1H3. The van der Waals surface area contributed by atoms with Crippen LogP contribution in [0.5, 0.6) is 0 Å². The van der Waals surface area contributed by atoms with Gasteiger partial charge in [0, 0.05) is 12.1 Å². The molecule has 46 valence electrons. The predicted molar refractivity (Wildman–Crippen MR) is 33.7 cm³/mol. The molecule has 1 N–H and O–H groups in total. The van der Waals surface area contributed by atoms with Gasteiger partial charge in [-0.05, 0) is 18.8 Å². The zero-order valence-corrected chi connectivity index (χ0v) is 5.41. The quantitative estimate of drug-likeness (QED) is 0.465. The van der Waals surface area contributed by atoms with E-state index < -0.39 is 0 Å². The molecule has 0 bridgehead atoms. The van der Waals surface area contributed by atoms with E-state index in [1.807, 2.05) is 0 Å². The van der Waals surface area contributed by atoms with Crippen molar-refractivity contribution in [2.75, 3.05) is 6.54 Å². The smallest absolute Gasteiger partial charge is 0.0332 e. The van der Waals surface area contributed by atoms with Crippen molar-refractivity contribution in [2.24, 2.45) is 5.92 Å². The summed E-state index contributed by atoms with van der Waals surface area (Å²) < 4.78 is 0. The minimum Gasteiger partial charge on any atom is -0.308 e. The summed E-state index contributed by atoms with van der Waals surface area (Å²) in [5.74, 6) is 0.961. The molecule has 0 aromatic rings. The molecule has 0 radical (unpaired) electrons. The van der Waals surface area contributed by atoms with Crippen LogP contribution in [-0.4, -0.2) is 12.1 Å². The van der Waals surface area contributed by atoms with Crippen molar-refractivity contribution in [1.82, 2.24) is 5.32 Å². The van der Waals surface area contributed by atoms with Gasteiger partial charge < -0.3 is 5.32 Å². The van der Waals surface area contributed by atoms with Gasteiger partial charge >= 0.3 is 0 Å². The third-order valence-corrected chi connectivity index (χ3v) is 2.83. The molecular formula is C7H13N. The molecule has 8 heavy (non-hydrogen) atoms. The van der Waals surface area contributed by atoms with E-state index >= 15 is 0 Å². The van der Waals surface area contributed by atoms with Crippen LogP contribution in [-0.2, 0) is 0 Å². The molecule has 2 unspecified atom stereocenters. The summed E-state index contributed by atoms with van der Waals surface area (Å²) in [7, 11) is 0. The predicted octanol–water partition coefficient (Wildman–Crippen LogP) is 1.15. The van der Waals surface area contributed by atoms with E-state index in [1.165, 1.54) is 25.8 Å². The molecule has 1 nitrogen and oxygen atoms in total. The minimum absolute atomic E-state index is 0.653. The maximum atomic E-state index is 3.46. The summed E-state index contributed by atoms with van der Waals surface area (Å²) in [6.07, 6.45) is 4.34. The van der Waals surface area contributed by atoms with Crippen molar-refractivity contribution >= 4 is 0 Å². The summed E-state index contributed by atoms with van der Waals surface area (Å²) in [5.41, 5.74) is 0.653. The number of hydrogen-bond donors (Lipinski definition) is 1. The Labute approximate surface area is 50.5 Å². The average Bonchev–Trinajstić information content (AvgIpc) is 2.39. The van der Waals surface area contributed by atoms with Crippen LogP contribution in [0.15, 0.2) is 0 Å². The first-order chi connectivity index (χ1) is 3.83. The third kappa shape index (κ3) is 0.455. The van der Waals surface area contributed by atoms with Crippen LogP contribution in [0.25, 0.3) is 0 Å². The highest BCUT2D eigenvalue weighted by Gasteiger charge is 2.49. The van der Waals surface area contributed by atoms with E-state index in [0.29, 0.717) is 5.54 Å². The Kier molecular flexibility index (Phi) is 0.762. The van der Waals surface area contributed by atoms with Crippen molar-refractivity contribution in [2.45, 2.75) is 31.7 Å². The first kappa shape index (κ1) is 4.80. The van der Waals surface area contributed by atoms with Gasteiger partial charge in [0.2, 0.25) is 0 Å². The van der Waals surface area contributed by atoms with Crippen LogP contribution in [0.3, 0.4) is 0 Å². The van der Waals surface area contributed by atoms with Crippen LogP contribution < -0.4 is 5.32 Å². The van der Waals surface area contributed by atoms with Gasteiger partial charge in [0.05, 0.1) is 0 Å². The van der Waals surface area contributed by atoms with Gasteiger partial charge in [-0.1, -0.05) is 13.3 Å². The fraction of sp³-hybridized carbons (Fsp3) is 1.00. The van der Waals surface area contributed by atoms with Gasteiger partial charge in [-0.15, -0.1) is 0 Å². The van der Waals surface area contributed by atoms with Gasteiger partial charge in [-0.2, -0.15) is 0 Å². The number of rotatable bonds is 0. The molecule has 1 saturated carbocycles. The second-order valence-corrected chi connectivity index (χ2v) is 3.30. The van der Waals surface area contributed by atoms with Crippen LogP contribution in [0.4, 0.5) is 0 Å². The normalized spacial score (nSPS) is 52.9. The fourth-order valence-corrected chi connectivity index (χ4v) is 1.89. The van der Waals surface area contributed by atoms with E-state index in [9.17, 15) is 0 Å². The zero-order valence-electron chi connectivity index (χ0n) is 5.41. The molecule has 2 aliphatic rings. The Morgan fingerprint density at radius 3 is 2.62 bits per heavy atom. The van der Waals surface area contributed by atoms with Gasteiger partial charge in [0.1, 0.15) is 0 Å². The first-order valence-electron chi connectivity index (χ1n) is 3.58. The first-order valence-corrected chi connectivity index (χ1v) is 3.58. The molecule has 0 aromatic heterocycles. The van der Waals surface area contributed by atoms with E-state index in [1.54, 1.807) is 0 Å². The molecule has 2 atom stereocenters. The molecule has 0 amide bonds. The van der Waals surface area contributed by atoms with Crippen LogP contribution >= 0.6 is 0 Å². The van der Waals surface area contributed by atoms with Gasteiger partial charge in [-0.25, -0.2) is 0 Å². The molecule has 1 spiro atoms. The monoisotopic (exact) mass is 111 g/mol. The molecule has 1 heteroatoms. The lowest BCUT2D eigenvalue weighted by Gasteiger charge is -2.08.